The molecule has 0 aliphatic rings. The van der Waals surface area contributed by atoms with Crippen LogP contribution >= 0.6 is 11.6 Å². The van der Waals surface area contributed by atoms with E-state index in [4.69, 9.17) is 17.3 Å². The second kappa shape index (κ2) is 4.16. The van der Waals surface area contributed by atoms with Gasteiger partial charge in [-0.2, -0.15) is 8.42 Å². The van der Waals surface area contributed by atoms with Gasteiger partial charge in [-0.3, -0.25) is 4.18 Å². The lowest BCUT2D eigenvalue weighted by atomic mass is 10.3. The summed E-state index contributed by atoms with van der Waals surface area (Å²) in [5.41, 5.74) is 5.83. The molecule has 14 heavy (non-hydrogen) atoms. The quantitative estimate of drug-likeness (QED) is 0.639. The zero-order valence-corrected chi connectivity index (χ0v) is 9.10. The van der Waals surface area contributed by atoms with Crippen molar-refractivity contribution < 1.29 is 12.6 Å². The fourth-order valence-electron chi connectivity index (χ4n) is 0.938. The molecule has 0 aromatic heterocycles. The number of hydrogen-bond donors (Lipinski definition) is 1. The van der Waals surface area contributed by atoms with E-state index in [9.17, 15) is 8.42 Å². The first-order valence-corrected chi connectivity index (χ1v) is 5.70. The Morgan fingerprint density at radius 1 is 1.50 bits per heavy atom. The van der Waals surface area contributed by atoms with Crippen molar-refractivity contribution >= 4 is 27.4 Å². The predicted molar refractivity (Wildman–Crippen MR) is 54.7 cm³/mol. The maximum atomic E-state index is 11.4. The van der Waals surface area contributed by atoms with Gasteiger partial charge in [0.25, 0.3) is 10.1 Å². The molecule has 78 valence electrons. The van der Waals surface area contributed by atoms with E-state index in [-0.39, 0.29) is 16.5 Å². The highest BCUT2D eigenvalue weighted by molar-refractivity contribution is 7.86. The summed E-state index contributed by atoms with van der Waals surface area (Å²) in [5.74, 6) is 0. The third-order valence-electron chi connectivity index (χ3n) is 1.50. The van der Waals surface area contributed by atoms with Crippen molar-refractivity contribution in [2.24, 2.45) is 0 Å². The average Bonchev–Trinajstić information content (AvgIpc) is 2.02. The van der Waals surface area contributed by atoms with Crippen LogP contribution < -0.4 is 5.73 Å². The van der Waals surface area contributed by atoms with Crippen LogP contribution in [0, 0.1) is 0 Å². The molecule has 1 aromatic rings. The lowest BCUT2D eigenvalue weighted by molar-refractivity contribution is 0.338. The van der Waals surface area contributed by atoms with Gasteiger partial charge in [0.15, 0.2) is 0 Å². The summed E-state index contributed by atoms with van der Waals surface area (Å²) in [6.07, 6.45) is 0. The Balaban J connectivity index is 3.20. The Bertz CT molecular complexity index is 430. The molecule has 6 heteroatoms. The molecule has 0 spiro atoms. The molecule has 1 rings (SSSR count). The summed E-state index contributed by atoms with van der Waals surface area (Å²) in [6.45, 7) is 1.66. The Labute approximate surface area is 87.8 Å². The maximum absolute atomic E-state index is 11.4. The summed E-state index contributed by atoms with van der Waals surface area (Å²) in [6, 6.07) is 4.15. The SMILES string of the molecule is CCOS(=O)(=O)c1ccc(N)cc1Cl. The van der Waals surface area contributed by atoms with Crippen LogP contribution in [-0.2, 0) is 14.3 Å². The van der Waals surface area contributed by atoms with Gasteiger partial charge in [-0.15, -0.1) is 0 Å². The number of rotatable bonds is 3. The molecule has 4 nitrogen and oxygen atoms in total. The monoisotopic (exact) mass is 235 g/mol. The van der Waals surface area contributed by atoms with Crippen molar-refractivity contribution in [3.8, 4) is 0 Å². The van der Waals surface area contributed by atoms with Crippen LogP contribution in [0.15, 0.2) is 23.1 Å². The molecule has 0 aliphatic heterocycles. The first kappa shape index (κ1) is 11.3. The molecule has 0 fully saturated rings. The van der Waals surface area contributed by atoms with Crippen LogP contribution in [0.4, 0.5) is 5.69 Å². The fraction of sp³-hybridized carbons (Fsp3) is 0.250. The summed E-state index contributed by atoms with van der Waals surface area (Å²) in [5, 5.41) is 0.0680. The van der Waals surface area contributed by atoms with Crippen LogP contribution in [0.25, 0.3) is 0 Å². The van der Waals surface area contributed by atoms with Gasteiger partial charge in [-0.25, -0.2) is 0 Å². The van der Waals surface area contributed by atoms with E-state index < -0.39 is 10.1 Å². The highest BCUT2D eigenvalue weighted by Crippen LogP contribution is 2.24. The van der Waals surface area contributed by atoms with Crippen molar-refractivity contribution in [2.75, 3.05) is 12.3 Å². The van der Waals surface area contributed by atoms with Gasteiger partial charge >= 0.3 is 0 Å². The topological polar surface area (TPSA) is 69.4 Å². The van der Waals surface area contributed by atoms with Crippen LogP contribution in [-0.4, -0.2) is 15.0 Å². The van der Waals surface area contributed by atoms with Crippen molar-refractivity contribution in [2.45, 2.75) is 11.8 Å². The average molecular weight is 236 g/mol. The molecule has 2 N–H and O–H groups in total. The van der Waals surface area contributed by atoms with E-state index >= 15 is 0 Å². The minimum absolute atomic E-state index is 0.0600. The van der Waals surface area contributed by atoms with Gasteiger partial charge in [-0.05, 0) is 25.1 Å². The van der Waals surface area contributed by atoms with Crippen LogP contribution in [0.5, 0.6) is 0 Å². The number of anilines is 1. The predicted octanol–water partition coefficient (Wildman–Crippen LogP) is 1.65. The zero-order valence-electron chi connectivity index (χ0n) is 7.53. The van der Waals surface area contributed by atoms with Gasteiger partial charge in [0.05, 0.1) is 11.6 Å². The molecule has 0 saturated carbocycles. The molecule has 0 bridgehead atoms. The van der Waals surface area contributed by atoms with Gasteiger partial charge in [-0.1, -0.05) is 11.6 Å². The van der Waals surface area contributed by atoms with Crippen molar-refractivity contribution in [3.05, 3.63) is 23.2 Å². The lowest BCUT2D eigenvalue weighted by Gasteiger charge is -2.05. The smallest absolute Gasteiger partial charge is 0.298 e. The number of halogens is 1. The third-order valence-corrected chi connectivity index (χ3v) is 3.36. The second-order valence-corrected chi connectivity index (χ2v) is 4.54. The number of nitrogen functional groups attached to an aromatic ring is 1. The maximum Gasteiger partial charge on any atom is 0.298 e. The van der Waals surface area contributed by atoms with Gasteiger partial charge in [0.2, 0.25) is 0 Å². The summed E-state index contributed by atoms with van der Waals surface area (Å²) in [4.78, 5) is -0.0600. The van der Waals surface area contributed by atoms with Gasteiger partial charge in [0, 0.05) is 5.69 Å². The Kier molecular flexibility index (Phi) is 3.36. The standard InChI is InChI=1S/C8H10ClNO3S/c1-2-13-14(11,12)8-4-3-6(10)5-7(8)9/h3-5H,2,10H2,1H3. The number of hydrogen-bond acceptors (Lipinski definition) is 4. The minimum Gasteiger partial charge on any atom is -0.399 e. The van der Waals surface area contributed by atoms with E-state index in [0.717, 1.165) is 0 Å². The molecular weight excluding hydrogens is 226 g/mol. The van der Waals surface area contributed by atoms with E-state index in [1.54, 1.807) is 6.92 Å². The van der Waals surface area contributed by atoms with Crippen molar-refractivity contribution in [3.63, 3.8) is 0 Å². The summed E-state index contributed by atoms with van der Waals surface area (Å²) in [7, 11) is -3.75. The molecular formula is C8H10ClNO3S. The molecule has 0 saturated heterocycles. The molecule has 0 radical (unpaired) electrons. The summed E-state index contributed by atoms with van der Waals surface area (Å²) < 4.78 is 27.4. The van der Waals surface area contributed by atoms with Crippen LogP contribution in [0.2, 0.25) is 5.02 Å². The van der Waals surface area contributed by atoms with Gasteiger partial charge < -0.3 is 5.73 Å². The summed E-state index contributed by atoms with van der Waals surface area (Å²) >= 11 is 5.71. The first-order chi connectivity index (χ1) is 6.47. The van der Waals surface area contributed by atoms with Crippen molar-refractivity contribution in [1.29, 1.82) is 0 Å². The second-order valence-electron chi connectivity index (χ2n) is 2.55. The molecule has 1 aromatic carbocycles. The van der Waals surface area contributed by atoms with E-state index in [1.165, 1.54) is 18.2 Å². The normalized spacial score (nSPS) is 11.6. The lowest BCUT2D eigenvalue weighted by Crippen LogP contribution is -2.06. The molecule has 0 heterocycles. The Morgan fingerprint density at radius 3 is 2.64 bits per heavy atom. The van der Waals surface area contributed by atoms with E-state index in [1.807, 2.05) is 0 Å². The molecule has 0 unspecified atom stereocenters. The third kappa shape index (κ3) is 2.37. The molecule has 0 atom stereocenters. The highest BCUT2D eigenvalue weighted by atomic mass is 35.5. The number of nitrogens with two attached hydrogens (primary N) is 1. The molecule has 0 aliphatic carbocycles. The van der Waals surface area contributed by atoms with Crippen LogP contribution in [0.1, 0.15) is 6.92 Å². The van der Waals surface area contributed by atoms with Crippen molar-refractivity contribution in [1.82, 2.24) is 0 Å². The Morgan fingerprint density at radius 2 is 2.14 bits per heavy atom. The minimum atomic E-state index is -3.75. The first-order valence-electron chi connectivity index (χ1n) is 3.92. The number of benzene rings is 1. The van der Waals surface area contributed by atoms with E-state index in [2.05, 4.69) is 4.18 Å². The Hall–Kier alpha value is -0.780. The largest absolute Gasteiger partial charge is 0.399 e. The highest BCUT2D eigenvalue weighted by Gasteiger charge is 2.17. The van der Waals surface area contributed by atoms with Gasteiger partial charge in [0.1, 0.15) is 4.90 Å². The van der Waals surface area contributed by atoms with Crippen LogP contribution in [0.3, 0.4) is 0 Å². The molecule has 0 amide bonds. The fourth-order valence-corrected chi connectivity index (χ4v) is 2.38. The zero-order chi connectivity index (χ0) is 10.8. The van der Waals surface area contributed by atoms with E-state index in [0.29, 0.717) is 5.69 Å².